The first-order chi connectivity index (χ1) is 10.0. The summed E-state index contributed by atoms with van der Waals surface area (Å²) in [5, 5.41) is 2.88. The van der Waals surface area contributed by atoms with E-state index in [4.69, 9.17) is 4.42 Å². The molecule has 0 radical (unpaired) electrons. The molecule has 0 atom stereocenters. The van der Waals surface area contributed by atoms with Crippen molar-refractivity contribution in [1.82, 2.24) is 4.98 Å². The Kier molecular flexibility index (Phi) is 3.99. The van der Waals surface area contributed by atoms with Gasteiger partial charge in [-0.25, -0.2) is 4.98 Å². The molecule has 3 aromatic rings. The van der Waals surface area contributed by atoms with E-state index in [1.807, 2.05) is 12.1 Å². The second kappa shape index (κ2) is 5.76. The van der Waals surface area contributed by atoms with Gasteiger partial charge in [0.1, 0.15) is 5.52 Å². The Morgan fingerprint density at radius 1 is 1.29 bits per heavy atom. The van der Waals surface area contributed by atoms with Crippen molar-refractivity contribution >= 4 is 61.2 Å². The first-order valence-electron chi connectivity index (χ1n) is 6.16. The standard InChI is InChI=1S/C15H10BrIN2O2/c1-8-18-13-7-10(3-5-14(13)21-8)19-15(20)11-6-9(16)2-4-12(11)17/h2-7H,1H3,(H,19,20). The molecule has 0 fully saturated rings. The van der Waals surface area contributed by atoms with Crippen LogP contribution in [0.4, 0.5) is 5.69 Å². The summed E-state index contributed by atoms with van der Waals surface area (Å²) >= 11 is 5.52. The average molecular weight is 457 g/mol. The lowest BCUT2D eigenvalue weighted by Gasteiger charge is -2.07. The Hall–Kier alpha value is -1.41. The van der Waals surface area contributed by atoms with Gasteiger partial charge >= 0.3 is 0 Å². The van der Waals surface area contributed by atoms with Gasteiger partial charge in [0.15, 0.2) is 11.5 Å². The van der Waals surface area contributed by atoms with Gasteiger partial charge in [0.25, 0.3) is 5.91 Å². The maximum atomic E-state index is 12.3. The highest BCUT2D eigenvalue weighted by molar-refractivity contribution is 14.1. The van der Waals surface area contributed by atoms with Crippen LogP contribution < -0.4 is 5.32 Å². The average Bonchev–Trinajstić information content (AvgIpc) is 2.80. The Morgan fingerprint density at radius 3 is 2.90 bits per heavy atom. The third-order valence-electron chi connectivity index (χ3n) is 2.93. The Balaban J connectivity index is 1.90. The second-order valence-electron chi connectivity index (χ2n) is 4.49. The number of hydrogen-bond acceptors (Lipinski definition) is 3. The molecule has 0 saturated carbocycles. The van der Waals surface area contributed by atoms with Gasteiger partial charge in [-0.2, -0.15) is 0 Å². The van der Waals surface area contributed by atoms with Gasteiger partial charge < -0.3 is 9.73 Å². The van der Waals surface area contributed by atoms with Crippen molar-refractivity contribution in [2.75, 3.05) is 5.32 Å². The molecule has 6 heteroatoms. The van der Waals surface area contributed by atoms with Crippen LogP contribution in [0.15, 0.2) is 45.3 Å². The number of nitrogens with zero attached hydrogens (tertiary/aromatic N) is 1. The smallest absolute Gasteiger partial charge is 0.256 e. The van der Waals surface area contributed by atoms with E-state index < -0.39 is 0 Å². The molecule has 0 spiro atoms. The molecule has 1 heterocycles. The number of oxazole rings is 1. The predicted octanol–water partition coefficient (Wildman–Crippen LogP) is 4.76. The highest BCUT2D eigenvalue weighted by atomic mass is 127. The molecule has 0 unspecified atom stereocenters. The summed E-state index contributed by atoms with van der Waals surface area (Å²) < 4.78 is 7.18. The number of benzene rings is 2. The molecule has 0 bridgehead atoms. The van der Waals surface area contributed by atoms with Crippen LogP contribution in [0.25, 0.3) is 11.1 Å². The lowest BCUT2D eigenvalue weighted by atomic mass is 10.2. The zero-order chi connectivity index (χ0) is 15.0. The number of aromatic nitrogens is 1. The van der Waals surface area contributed by atoms with E-state index >= 15 is 0 Å². The lowest BCUT2D eigenvalue weighted by molar-refractivity contribution is 0.102. The Bertz CT molecular complexity index is 845. The van der Waals surface area contributed by atoms with Crippen molar-refractivity contribution in [1.29, 1.82) is 0 Å². The summed E-state index contributed by atoms with van der Waals surface area (Å²) in [5.74, 6) is 0.454. The van der Waals surface area contributed by atoms with Crippen LogP contribution in [0.5, 0.6) is 0 Å². The summed E-state index contributed by atoms with van der Waals surface area (Å²) in [7, 11) is 0. The fourth-order valence-corrected chi connectivity index (χ4v) is 2.93. The van der Waals surface area contributed by atoms with Crippen LogP contribution in [0.1, 0.15) is 16.2 Å². The van der Waals surface area contributed by atoms with Gasteiger partial charge in [0.2, 0.25) is 0 Å². The number of halogens is 2. The summed E-state index contributed by atoms with van der Waals surface area (Å²) in [6.07, 6.45) is 0. The summed E-state index contributed by atoms with van der Waals surface area (Å²) in [5.41, 5.74) is 2.76. The van der Waals surface area contributed by atoms with E-state index in [0.717, 1.165) is 13.6 Å². The van der Waals surface area contributed by atoms with Gasteiger partial charge in [-0.05, 0) is 59.0 Å². The SMILES string of the molecule is Cc1nc2cc(NC(=O)c3cc(Br)ccc3I)ccc2o1. The molecule has 3 rings (SSSR count). The van der Waals surface area contributed by atoms with Gasteiger partial charge in [-0.15, -0.1) is 0 Å². The number of carbonyl (C=O) groups is 1. The zero-order valence-corrected chi connectivity index (χ0v) is 14.7. The van der Waals surface area contributed by atoms with Crippen LogP contribution in [0, 0.1) is 10.5 Å². The van der Waals surface area contributed by atoms with Gasteiger partial charge in [0, 0.05) is 20.7 Å². The molecular weight excluding hydrogens is 447 g/mol. The van der Waals surface area contributed by atoms with Crippen LogP contribution in [-0.2, 0) is 0 Å². The van der Waals surface area contributed by atoms with E-state index in [1.54, 1.807) is 31.2 Å². The molecule has 0 aliphatic heterocycles. The monoisotopic (exact) mass is 456 g/mol. The fourth-order valence-electron chi connectivity index (χ4n) is 1.99. The van der Waals surface area contributed by atoms with Crippen molar-refractivity contribution < 1.29 is 9.21 Å². The lowest BCUT2D eigenvalue weighted by Crippen LogP contribution is -2.13. The van der Waals surface area contributed by atoms with E-state index in [-0.39, 0.29) is 5.91 Å². The largest absolute Gasteiger partial charge is 0.441 e. The number of carbonyl (C=O) groups excluding carboxylic acids is 1. The van der Waals surface area contributed by atoms with Crippen LogP contribution in [-0.4, -0.2) is 10.9 Å². The van der Waals surface area contributed by atoms with E-state index in [1.165, 1.54) is 0 Å². The number of nitrogens with one attached hydrogen (secondary N) is 1. The van der Waals surface area contributed by atoms with Gasteiger partial charge in [0.05, 0.1) is 5.56 Å². The first kappa shape index (κ1) is 14.5. The number of rotatable bonds is 2. The van der Waals surface area contributed by atoms with Gasteiger partial charge in [-0.3, -0.25) is 4.79 Å². The Labute approximate surface area is 143 Å². The molecule has 1 amide bonds. The molecule has 21 heavy (non-hydrogen) atoms. The van der Waals surface area contributed by atoms with Crippen molar-refractivity contribution in [3.8, 4) is 0 Å². The van der Waals surface area contributed by atoms with Gasteiger partial charge in [-0.1, -0.05) is 15.9 Å². The second-order valence-corrected chi connectivity index (χ2v) is 6.57. The zero-order valence-electron chi connectivity index (χ0n) is 11.0. The number of anilines is 1. The van der Waals surface area contributed by atoms with E-state index in [0.29, 0.717) is 22.7 Å². The maximum Gasteiger partial charge on any atom is 0.256 e. The molecule has 4 nitrogen and oxygen atoms in total. The number of hydrogen-bond donors (Lipinski definition) is 1. The Morgan fingerprint density at radius 2 is 2.10 bits per heavy atom. The summed E-state index contributed by atoms with van der Waals surface area (Å²) in [6, 6.07) is 11.0. The van der Waals surface area contributed by atoms with Crippen molar-refractivity contribution in [2.24, 2.45) is 0 Å². The van der Waals surface area contributed by atoms with E-state index in [9.17, 15) is 4.79 Å². The normalized spacial score (nSPS) is 10.8. The number of aryl methyl sites for hydroxylation is 1. The predicted molar refractivity (Wildman–Crippen MR) is 93.6 cm³/mol. The third-order valence-corrected chi connectivity index (χ3v) is 4.36. The summed E-state index contributed by atoms with van der Waals surface area (Å²) in [6.45, 7) is 1.79. The molecular formula is C15H10BrIN2O2. The molecule has 2 aromatic carbocycles. The highest BCUT2D eigenvalue weighted by Gasteiger charge is 2.12. The maximum absolute atomic E-state index is 12.3. The topological polar surface area (TPSA) is 55.1 Å². The third kappa shape index (κ3) is 3.11. The van der Waals surface area contributed by atoms with Crippen LogP contribution in [0.3, 0.4) is 0 Å². The van der Waals surface area contributed by atoms with Crippen molar-refractivity contribution in [3.05, 3.63) is 55.9 Å². The quantitative estimate of drug-likeness (QED) is 0.566. The minimum atomic E-state index is -0.153. The van der Waals surface area contributed by atoms with E-state index in [2.05, 4.69) is 48.8 Å². The van der Waals surface area contributed by atoms with Crippen molar-refractivity contribution in [3.63, 3.8) is 0 Å². The molecule has 0 aliphatic rings. The highest BCUT2D eigenvalue weighted by Crippen LogP contribution is 2.22. The van der Waals surface area contributed by atoms with Crippen molar-refractivity contribution in [2.45, 2.75) is 6.92 Å². The number of amides is 1. The molecule has 1 aromatic heterocycles. The first-order valence-corrected chi connectivity index (χ1v) is 8.04. The van der Waals surface area contributed by atoms with Crippen LogP contribution >= 0.6 is 38.5 Å². The molecule has 0 aliphatic carbocycles. The fraction of sp³-hybridized carbons (Fsp3) is 0.0667. The molecule has 1 N–H and O–H groups in total. The molecule has 106 valence electrons. The minimum absolute atomic E-state index is 0.153. The van der Waals surface area contributed by atoms with Crippen LogP contribution in [0.2, 0.25) is 0 Å². The minimum Gasteiger partial charge on any atom is -0.441 e. The summed E-state index contributed by atoms with van der Waals surface area (Å²) in [4.78, 5) is 16.6. The number of fused-ring (bicyclic) bond motifs is 1. The molecule has 0 saturated heterocycles.